The first-order valence-electron chi connectivity index (χ1n) is 1.19. The van der Waals surface area contributed by atoms with Gasteiger partial charge in [-0.05, 0) is 6.26 Å². The topological polar surface area (TPSA) is 9.23 Å². The molecule has 0 aliphatic carbocycles. The van der Waals surface area contributed by atoms with Crippen LogP contribution in [0, 0.1) is 0 Å². The smallest absolute Gasteiger partial charge is 0.247 e. The van der Waals surface area contributed by atoms with E-state index in [4.69, 9.17) is 0 Å². The molecule has 0 unspecified atom stereocenters. The second-order valence-corrected chi connectivity index (χ2v) is 1.65. The Kier molecular flexibility index (Phi) is 5.00. The third-order valence-electron chi connectivity index (χ3n) is 0.177. The highest BCUT2D eigenvalue weighted by atomic mass is 32.2. The molecule has 5 heavy (non-hydrogen) atoms. The van der Waals surface area contributed by atoms with Crippen molar-refractivity contribution in [2.75, 3.05) is 12.2 Å². The lowest BCUT2D eigenvalue weighted by Gasteiger charge is -1.84. The van der Waals surface area contributed by atoms with Gasteiger partial charge in [0.1, 0.15) is 0 Å². The molecule has 29 valence electrons. The van der Waals surface area contributed by atoms with Crippen molar-refractivity contribution < 1.29 is 4.43 Å². The van der Waals surface area contributed by atoms with Crippen LogP contribution < -0.4 is 0 Å². The zero-order chi connectivity index (χ0) is 4.12. The van der Waals surface area contributed by atoms with Crippen molar-refractivity contribution in [1.29, 1.82) is 0 Å². The fraction of sp³-hybridized carbons (Fsp3) is 1.00. The third kappa shape index (κ3) is 4.53. The van der Waals surface area contributed by atoms with Crippen LogP contribution in [0.1, 0.15) is 0 Å². The summed E-state index contributed by atoms with van der Waals surface area (Å²) in [5.41, 5.74) is 0. The summed E-state index contributed by atoms with van der Waals surface area (Å²) >= 11 is 1.63. The lowest BCUT2D eigenvalue weighted by Crippen LogP contribution is -1.77. The van der Waals surface area contributed by atoms with Gasteiger partial charge in [-0.1, -0.05) is 0 Å². The van der Waals surface area contributed by atoms with Gasteiger partial charge in [0.05, 0.1) is 5.94 Å². The first-order valence-corrected chi connectivity index (χ1v) is 2.99. The van der Waals surface area contributed by atoms with Gasteiger partial charge in [0.2, 0.25) is 10.5 Å². The molecule has 0 fully saturated rings. The summed E-state index contributed by atoms with van der Waals surface area (Å²) in [5, 5.41) is 0. The Balaban J connectivity index is 2.19. The Morgan fingerprint density at radius 2 is 2.60 bits per heavy atom. The van der Waals surface area contributed by atoms with Crippen LogP contribution >= 0.6 is 11.8 Å². The van der Waals surface area contributed by atoms with E-state index in [9.17, 15) is 0 Å². The predicted molar refractivity (Wildman–Crippen MR) is 25.2 cm³/mol. The molecule has 1 nitrogen and oxygen atoms in total. The van der Waals surface area contributed by atoms with E-state index in [2.05, 4.69) is 14.9 Å². The molecule has 3 heteroatoms. The average Bonchev–Trinajstić information content (AvgIpc) is 1.41. The lowest BCUT2D eigenvalue weighted by molar-refractivity contribution is 0.436. The Bertz CT molecular complexity index is 17.1. The highest BCUT2D eigenvalue weighted by Gasteiger charge is 1.66. The van der Waals surface area contributed by atoms with Gasteiger partial charge < -0.3 is 4.43 Å². The van der Waals surface area contributed by atoms with Crippen molar-refractivity contribution in [1.82, 2.24) is 0 Å². The monoisotopic (exact) mass is 105 g/mol. The van der Waals surface area contributed by atoms with Gasteiger partial charge in [-0.25, -0.2) is 0 Å². The number of thioether (sulfide) groups is 1. The number of hydrogen-bond acceptors (Lipinski definition) is 2. The van der Waals surface area contributed by atoms with E-state index in [0.29, 0.717) is 0 Å². The summed E-state index contributed by atoms with van der Waals surface area (Å²) in [4.78, 5) is 0. The summed E-state index contributed by atoms with van der Waals surface area (Å²) in [6, 6.07) is 0. The predicted octanol–water partition coefficient (Wildman–Crippen LogP) is 0.407. The van der Waals surface area contributed by atoms with Crippen molar-refractivity contribution in [2.45, 2.75) is 0 Å². The van der Waals surface area contributed by atoms with Crippen LogP contribution in [0.2, 0.25) is 0 Å². The van der Waals surface area contributed by atoms with Gasteiger partial charge in [0, 0.05) is 0 Å². The van der Waals surface area contributed by atoms with Crippen LogP contribution in [-0.4, -0.2) is 22.7 Å². The van der Waals surface area contributed by atoms with Crippen LogP contribution in [0.3, 0.4) is 0 Å². The number of hydrogen-bond donors (Lipinski definition) is 0. The van der Waals surface area contributed by atoms with Gasteiger partial charge in [-0.3, -0.25) is 0 Å². The Morgan fingerprint density at radius 3 is 2.60 bits per heavy atom. The Labute approximate surface area is 39.6 Å². The zero-order valence-corrected chi connectivity index (χ0v) is 4.84. The SMILES string of the molecule is CSCO[Si]. The molecule has 0 aliphatic heterocycles. The molecule has 0 rings (SSSR count). The molecule has 0 aliphatic rings. The minimum Gasteiger partial charge on any atom is -0.410 e. The van der Waals surface area contributed by atoms with E-state index in [-0.39, 0.29) is 0 Å². The highest BCUT2D eigenvalue weighted by molar-refractivity contribution is 7.98. The second kappa shape index (κ2) is 4.53. The fourth-order valence-corrected chi connectivity index (χ4v) is 0.530. The molecule has 0 N–H and O–H groups in total. The van der Waals surface area contributed by atoms with Gasteiger partial charge in [0.15, 0.2) is 0 Å². The maximum Gasteiger partial charge on any atom is 0.247 e. The normalized spacial score (nSPS) is 8.40. The summed E-state index contributed by atoms with van der Waals surface area (Å²) in [6.07, 6.45) is 1.97. The summed E-state index contributed by atoms with van der Waals surface area (Å²) < 4.78 is 4.46. The molecule has 0 heterocycles. The standard InChI is InChI=1S/C2H5OSSi/c1-4-2-3-5/h2H2,1H3. The fourth-order valence-electron chi connectivity index (χ4n) is 0.0589. The molecule has 0 bridgehead atoms. The summed E-state index contributed by atoms with van der Waals surface area (Å²) in [7, 11) is 2.83. The maximum atomic E-state index is 4.46. The van der Waals surface area contributed by atoms with Crippen LogP contribution in [0.25, 0.3) is 0 Å². The Morgan fingerprint density at radius 1 is 2.00 bits per heavy atom. The van der Waals surface area contributed by atoms with E-state index in [0.717, 1.165) is 5.94 Å². The quantitative estimate of drug-likeness (QED) is 0.371. The summed E-state index contributed by atoms with van der Waals surface area (Å²) in [6.45, 7) is 0. The van der Waals surface area contributed by atoms with Crippen molar-refractivity contribution in [2.24, 2.45) is 0 Å². The molecule has 0 aromatic heterocycles. The minimum atomic E-state index is 0.719. The molecule has 0 aromatic rings. The molecule has 0 saturated carbocycles. The molecule has 0 aromatic carbocycles. The number of rotatable bonds is 2. The molecular weight excluding hydrogens is 100 g/mol. The molecule has 3 radical (unpaired) electrons. The molecule has 0 spiro atoms. The highest BCUT2D eigenvalue weighted by Crippen LogP contribution is 1.86. The summed E-state index contributed by atoms with van der Waals surface area (Å²) in [5.74, 6) is 0.719. The first kappa shape index (κ1) is 5.53. The first-order chi connectivity index (χ1) is 2.41. The molecule has 0 amide bonds. The van der Waals surface area contributed by atoms with Crippen molar-refractivity contribution in [3.05, 3.63) is 0 Å². The van der Waals surface area contributed by atoms with Crippen LogP contribution in [0.5, 0.6) is 0 Å². The van der Waals surface area contributed by atoms with Crippen LogP contribution in [0.4, 0.5) is 0 Å². The maximum absolute atomic E-state index is 4.46. The average molecular weight is 105 g/mol. The zero-order valence-electron chi connectivity index (χ0n) is 3.02. The van der Waals surface area contributed by atoms with Gasteiger partial charge in [-0.2, -0.15) is 0 Å². The van der Waals surface area contributed by atoms with Gasteiger partial charge >= 0.3 is 0 Å². The van der Waals surface area contributed by atoms with E-state index < -0.39 is 0 Å². The Hall–Kier alpha value is 0.527. The van der Waals surface area contributed by atoms with E-state index in [1.807, 2.05) is 6.26 Å². The van der Waals surface area contributed by atoms with E-state index >= 15 is 0 Å². The van der Waals surface area contributed by atoms with E-state index in [1.165, 1.54) is 0 Å². The minimum absolute atomic E-state index is 0.719. The van der Waals surface area contributed by atoms with Crippen molar-refractivity contribution >= 4 is 22.2 Å². The van der Waals surface area contributed by atoms with Crippen LogP contribution in [0.15, 0.2) is 0 Å². The largest absolute Gasteiger partial charge is 0.410 e. The van der Waals surface area contributed by atoms with Crippen LogP contribution in [-0.2, 0) is 4.43 Å². The van der Waals surface area contributed by atoms with E-state index in [1.54, 1.807) is 11.8 Å². The molecule has 0 saturated heterocycles. The lowest BCUT2D eigenvalue weighted by atomic mass is 11.7. The molecular formula is C2H5OSSi. The van der Waals surface area contributed by atoms with Gasteiger partial charge in [-0.15, -0.1) is 11.8 Å². The van der Waals surface area contributed by atoms with Gasteiger partial charge in [0.25, 0.3) is 0 Å². The van der Waals surface area contributed by atoms with Crippen molar-refractivity contribution in [3.63, 3.8) is 0 Å². The van der Waals surface area contributed by atoms with Crippen molar-refractivity contribution in [3.8, 4) is 0 Å². The second-order valence-electron chi connectivity index (χ2n) is 0.551. The molecule has 0 atom stereocenters. The third-order valence-corrected chi connectivity index (χ3v) is 0.884.